The summed E-state index contributed by atoms with van der Waals surface area (Å²) in [5.41, 5.74) is 0. The molecule has 0 saturated carbocycles. The fraction of sp³-hybridized carbons (Fsp3) is 0.462. The lowest BCUT2D eigenvalue weighted by Crippen LogP contribution is -2.43. The largest absolute Gasteiger partial charge is 0.496 e. The lowest BCUT2D eigenvalue weighted by Gasteiger charge is -2.33. The zero-order valence-electron chi connectivity index (χ0n) is 11.7. The van der Waals surface area contributed by atoms with Gasteiger partial charge < -0.3 is 18.8 Å². The van der Waals surface area contributed by atoms with E-state index in [0.717, 1.165) is 0 Å². The van der Waals surface area contributed by atoms with E-state index in [-0.39, 0.29) is 11.9 Å². The molecule has 1 atom stereocenters. The molecule has 8 heteroatoms. The van der Waals surface area contributed by atoms with Gasteiger partial charge in [0.25, 0.3) is 5.91 Å². The smallest absolute Gasteiger partial charge is 0.264 e. The molecule has 0 radical (unpaired) electrons. The van der Waals surface area contributed by atoms with Crippen molar-refractivity contribution in [3.8, 4) is 5.75 Å². The van der Waals surface area contributed by atoms with Gasteiger partial charge in [0.05, 0.1) is 25.2 Å². The highest BCUT2D eigenvalue weighted by Crippen LogP contribution is 2.28. The molecule has 0 aromatic carbocycles. The molecule has 1 aliphatic heterocycles. The molecule has 1 aliphatic rings. The van der Waals surface area contributed by atoms with Crippen molar-refractivity contribution in [1.82, 2.24) is 15.1 Å². The van der Waals surface area contributed by atoms with Gasteiger partial charge in [0, 0.05) is 24.9 Å². The second-order valence-corrected chi connectivity index (χ2v) is 5.51. The van der Waals surface area contributed by atoms with E-state index >= 15 is 0 Å². The Bertz CT molecular complexity index is 639. The van der Waals surface area contributed by atoms with Gasteiger partial charge in [0.15, 0.2) is 0 Å². The van der Waals surface area contributed by atoms with Crippen molar-refractivity contribution < 1.29 is 18.7 Å². The van der Waals surface area contributed by atoms with E-state index < -0.39 is 0 Å². The molecule has 1 fully saturated rings. The molecule has 0 bridgehead atoms. The number of hydrogen-bond acceptors (Lipinski definition) is 7. The van der Waals surface area contributed by atoms with Gasteiger partial charge in [0.2, 0.25) is 11.8 Å². The first kappa shape index (κ1) is 14.0. The number of methoxy groups -OCH3 is 1. The maximum atomic E-state index is 12.7. The SMILES string of the molecule is COc1csc(C(=O)N2CCOC[C@@H]2c2nnc(C)o2)c1. The molecule has 2 aromatic rings. The molecule has 1 amide bonds. The fourth-order valence-corrected chi connectivity index (χ4v) is 2.99. The number of thiophene rings is 1. The van der Waals surface area contributed by atoms with Crippen LogP contribution >= 0.6 is 11.3 Å². The maximum absolute atomic E-state index is 12.7. The van der Waals surface area contributed by atoms with Crippen molar-refractivity contribution in [3.63, 3.8) is 0 Å². The number of rotatable bonds is 3. The first-order chi connectivity index (χ1) is 10.2. The number of amides is 1. The minimum atomic E-state index is -0.347. The molecule has 21 heavy (non-hydrogen) atoms. The van der Waals surface area contributed by atoms with Gasteiger partial charge in [-0.15, -0.1) is 21.5 Å². The first-order valence-electron chi connectivity index (χ1n) is 6.50. The molecule has 2 aromatic heterocycles. The first-order valence-corrected chi connectivity index (χ1v) is 7.38. The Hall–Kier alpha value is -1.93. The third-order valence-electron chi connectivity index (χ3n) is 3.24. The van der Waals surface area contributed by atoms with Gasteiger partial charge in [-0.2, -0.15) is 0 Å². The number of aromatic nitrogens is 2. The number of hydrogen-bond donors (Lipinski definition) is 0. The minimum Gasteiger partial charge on any atom is -0.496 e. The van der Waals surface area contributed by atoms with Crippen molar-refractivity contribution in [3.05, 3.63) is 28.1 Å². The Labute approximate surface area is 125 Å². The summed E-state index contributed by atoms with van der Waals surface area (Å²) in [6.45, 7) is 3.06. The third kappa shape index (κ3) is 2.77. The molecule has 0 aliphatic carbocycles. The van der Waals surface area contributed by atoms with Gasteiger partial charge in [0.1, 0.15) is 11.8 Å². The molecule has 0 N–H and O–H groups in total. The summed E-state index contributed by atoms with van der Waals surface area (Å²) in [5.74, 6) is 1.49. The average Bonchev–Trinajstić information content (AvgIpc) is 3.15. The topological polar surface area (TPSA) is 77.7 Å². The van der Waals surface area contributed by atoms with Crippen molar-refractivity contribution in [2.45, 2.75) is 13.0 Å². The molecular formula is C13H15N3O4S. The van der Waals surface area contributed by atoms with Crippen LogP contribution < -0.4 is 4.74 Å². The summed E-state index contributed by atoms with van der Waals surface area (Å²) in [4.78, 5) is 15.0. The lowest BCUT2D eigenvalue weighted by atomic mass is 10.2. The van der Waals surface area contributed by atoms with Gasteiger partial charge in [-0.1, -0.05) is 0 Å². The number of carbonyl (C=O) groups excluding carboxylic acids is 1. The number of morpholine rings is 1. The zero-order chi connectivity index (χ0) is 14.8. The fourth-order valence-electron chi connectivity index (χ4n) is 2.18. The van der Waals surface area contributed by atoms with E-state index in [0.29, 0.717) is 42.2 Å². The monoisotopic (exact) mass is 309 g/mol. The van der Waals surface area contributed by atoms with Crippen LogP contribution in [0.2, 0.25) is 0 Å². The highest BCUT2D eigenvalue weighted by atomic mass is 32.1. The summed E-state index contributed by atoms with van der Waals surface area (Å²) in [6.07, 6.45) is 0. The van der Waals surface area contributed by atoms with Crippen LogP contribution in [0.5, 0.6) is 5.75 Å². The Balaban J connectivity index is 1.85. The standard InChI is InChI=1S/C13H15N3O4S/c1-8-14-15-12(20-8)10-6-19-4-3-16(10)13(17)11-5-9(18-2)7-21-11/h5,7,10H,3-4,6H2,1-2H3/t10-/m1/s1. The number of aryl methyl sites for hydroxylation is 1. The molecule has 0 unspecified atom stereocenters. The Morgan fingerprint density at radius 1 is 1.52 bits per heavy atom. The summed E-state index contributed by atoms with van der Waals surface area (Å²) in [5, 5.41) is 9.63. The number of nitrogens with zero attached hydrogens (tertiary/aromatic N) is 3. The van der Waals surface area contributed by atoms with Crippen LogP contribution in [0.3, 0.4) is 0 Å². The molecule has 3 heterocycles. The molecule has 0 spiro atoms. The van der Waals surface area contributed by atoms with Crippen molar-refractivity contribution >= 4 is 17.2 Å². The van der Waals surface area contributed by atoms with E-state index in [9.17, 15) is 4.79 Å². The molecule has 3 rings (SSSR count). The summed E-state index contributed by atoms with van der Waals surface area (Å²) in [7, 11) is 1.58. The molecular weight excluding hydrogens is 294 g/mol. The highest BCUT2D eigenvalue weighted by Gasteiger charge is 2.33. The van der Waals surface area contributed by atoms with Crippen LogP contribution in [0.15, 0.2) is 15.9 Å². The highest BCUT2D eigenvalue weighted by molar-refractivity contribution is 7.12. The zero-order valence-corrected chi connectivity index (χ0v) is 12.6. The predicted molar refractivity (Wildman–Crippen MR) is 74.5 cm³/mol. The third-order valence-corrected chi connectivity index (χ3v) is 4.13. The number of ether oxygens (including phenoxy) is 2. The number of carbonyl (C=O) groups is 1. The maximum Gasteiger partial charge on any atom is 0.264 e. The summed E-state index contributed by atoms with van der Waals surface area (Å²) in [6, 6.07) is 1.39. The van der Waals surface area contributed by atoms with E-state index in [1.54, 1.807) is 30.4 Å². The predicted octanol–water partition coefficient (Wildman–Crippen LogP) is 1.66. The average molecular weight is 309 g/mol. The van der Waals surface area contributed by atoms with Crippen LogP contribution in [0, 0.1) is 6.92 Å². The molecule has 1 saturated heterocycles. The Morgan fingerprint density at radius 3 is 3.05 bits per heavy atom. The Morgan fingerprint density at radius 2 is 2.38 bits per heavy atom. The van der Waals surface area contributed by atoms with Crippen LogP contribution in [-0.2, 0) is 4.74 Å². The minimum absolute atomic E-state index is 0.0764. The van der Waals surface area contributed by atoms with Gasteiger partial charge >= 0.3 is 0 Å². The van der Waals surface area contributed by atoms with Crippen molar-refractivity contribution in [1.29, 1.82) is 0 Å². The van der Waals surface area contributed by atoms with E-state index in [1.807, 2.05) is 0 Å². The van der Waals surface area contributed by atoms with Crippen LogP contribution in [0.1, 0.15) is 27.5 Å². The van der Waals surface area contributed by atoms with Crippen LogP contribution in [0.25, 0.3) is 0 Å². The van der Waals surface area contributed by atoms with E-state index in [2.05, 4.69) is 10.2 Å². The van der Waals surface area contributed by atoms with Gasteiger partial charge in [-0.25, -0.2) is 0 Å². The van der Waals surface area contributed by atoms with Gasteiger partial charge in [-0.3, -0.25) is 4.79 Å². The molecule has 7 nitrogen and oxygen atoms in total. The Kier molecular flexibility index (Phi) is 3.89. The normalized spacial score (nSPS) is 18.8. The second kappa shape index (κ2) is 5.82. The van der Waals surface area contributed by atoms with E-state index in [1.165, 1.54) is 11.3 Å². The van der Waals surface area contributed by atoms with Crippen molar-refractivity contribution in [2.24, 2.45) is 0 Å². The lowest BCUT2D eigenvalue weighted by molar-refractivity contribution is -0.0104. The van der Waals surface area contributed by atoms with Crippen molar-refractivity contribution in [2.75, 3.05) is 26.9 Å². The summed E-state index contributed by atoms with van der Waals surface area (Å²) < 4.78 is 16.0. The van der Waals surface area contributed by atoms with Crippen LogP contribution in [0.4, 0.5) is 0 Å². The van der Waals surface area contributed by atoms with Gasteiger partial charge in [-0.05, 0) is 0 Å². The van der Waals surface area contributed by atoms with E-state index in [4.69, 9.17) is 13.9 Å². The quantitative estimate of drug-likeness (QED) is 0.858. The molecule has 112 valence electrons. The second-order valence-electron chi connectivity index (χ2n) is 4.60. The van der Waals surface area contributed by atoms with Crippen LogP contribution in [-0.4, -0.2) is 47.9 Å². The summed E-state index contributed by atoms with van der Waals surface area (Å²) >= 11 is 1.35.